The van der Waals surface area contributed by atoms with Gasteiger partial charge in [-0.05, 0) is 35.2 Å². The van der Waals surface area contributed by atoms with Crippen LogP contribution in [0.3, 0.4) is 0 Å². The molecule has 3 aromatic rings. The van der Waals surface area contributed by atoms with E-state index in [-0.39, 0.29) is 17.8 Å². The molecule has 3 heterocycles. The number of hydrogen-bond donors (Lipinski definition) is 2. The molecule has 2 N–H and O–H groups in total. The Kier molecular flexibility index (Phi) is 6.62. The molecule has 0 amide bonds. The maximum atomic E-state index is 13.0. The summed E-state index contributed by atoms with van der Waals surface area (Å²) in [6.07, 6.45) is 1.76. The quantitative estimate of drug-likeness (QED) is 0.602. The maximum Gasteiger partial charge on any atom is 0.271 e. The van der Waals surface area contributed by atoms with Gasteiger partial charge >= 0.3 is 0 Å². The number of thiophene rings is 1. The van der Waals surface area contributed by atoms with Gasteiger partial charge in [0, 0.05) is 48.1 Å². The number of rotatable bonds is 4. The number of aromatic nitrogens is 1. The average Bonchev–Trinajstić information content (AvgIpc) is 3.13. The number of nitrogens with zero attached hydrogens (tertiary/aromatic N) is 2. The van der Waals surface area contributed by atoms with E-state index in [1.54, 1.807) is 12.3 Å². The van der Waals surface area contributed by atoms with Crippen LogP contribution < -0.4 is 14.9 Å². The monoisotopic (exact) mass is 466 g/mol. The van der Waals surface area contributed by atoms with E-state index in [9.17, 15) is 8.42 Å². The van der Waals surface area contributed by atoms with E-state index in [0.29, 0.717) is 9.90 Å². The fourth-order valence-electron chi connectivity index (χ4n) is 3.43. The van der Waals surface area contributed by atoms with Crippen molar-refractivity contribution in [1.82, 2.24) is 10.3 Å². The molecular formula is C21H27ClN4O2S2. The number of benzene rings is 1. The van der Waals surface area contributed by atoms with Crippen LogP contribution in [0.5, 0.6) is 0 Å². The van der Waals surface area contributed by atoms with Gasteiger partial charge in [-0.25, -0.2) is 13.4 Å². The van der Waals surface area contributed by atoms with E-state index in [4.69, 9.17) is 0 Å². The number of hydrogen-bond acceptors (Lipinski definition) is 6. The first-order valence-corrected chi connectivity index (χ1v) is 12.0. The number of fused-ring (bicyclic) bond motifs is 1. The Morgan fingerprint density at radius 3 is 2.40 bits per heavy atom. The number of halogens is 1. The van der Waals surface area contributed by atoms with Crippen molar-refractivity contribution in [3.05, 3.63) is 48.2 Å². The highest BCUT2D eigenvalue weighted by molar-refractivity contribution is 7.94. The molecule has 6 nitrogen and oxygen atoms in total. The number of pyridine rings is 1. The normalized spacial score (nSPS) is 15.1. The molecule has 1 saturated heterocycles. The van der Waals surface area contributed by atoms with Crippen LogP contribution in [-0.4, -0.2) is 39.6 Å². The van der Waals surface area contributed by atoms with Crippen LogP contribution in [0.2, 0.25) is 0 Å². The number of nitrogens with one attached hydrogen (secondary N) is 2. The second-order valence-electron chi connectivity index (χ2n) is 8.28. The summed E-state index contributed by atoms with van der Waals surface area (Å²) in [6.45, 7) is 9.93. The van der Waals surface area contributed by atoms with Gasteiger partial charge in [-0.3, -0.25) is 4.72 Å². The van der Waals surface area contributed by atoms with Crippen molar-refractivity contribution in [2.45, 2.75) is 30.4 Å². The molecule has 2 aromatic heterocycles. The first-order chi connectivity index (χ1) is 13.7. The Balaban J connectivity index is 0.00000256. The lowest BCUT2D eigenvalue weighted by molar-refractivity contribution is 0.586. The zero-order valence-electron chi connectivity index (χ0n) is 17.3. The van der Waals surface area contributed by atoms with Gasteiger partial charge in [0.15, 0.2) is 0 Å². The second kappa shape index (κ2) is 8.70. The average molecular weight is 467 g/mol. The molecule has 1 aliphatic rings. The van der Waals surface area contributed by atoms with E-state index in [0.717, 1.165) is 47.6 Å². The molecule has 9 heteroatoms. The largest absolute Gasteiger partial charge is 0.354 e. The number of piperazine rings is 1. The van der Waals surface area contributed by atoms with Crippen LogP contribution in [0.1, 0.15) is 26.3 Å². The summed E-state index contributed by atoms with van der Waals surface area (Å²) in [5, 5.41) is 4.22. The minimum Gasteiger partial charge on any atom is -0.354 e. The molecule has 0 spiro atoms. The van der Waals surface area contributed by atoms with E-state index >= 15 is 0 Å². The summed E-state index contributed by atoms with van der Waals surface area (Å²) in [6, 6.07) is 11.2. The minimum atomic E-state index is -3.66. The van der Waals surface area contributed by atoms with Gasteiger partial charge in [-0.2, -0.15) is 0 Å². The van der Waals surface area contributed by atoms with Crippen LogP contribution in [0.25, 0.3) is 10.1 Å². The molecule has 0 aliphatic carbocycles. The Morgan fingerprint density at radius 2 is 1.77 bits per heavy atom. The Morgan fingerprint density at radius 1 is 1.10 bits per heavy atom. The molecule has 0 atom stereocenters. The molecule has 162 valence electrons. The lowest BCUT2D eigenvalue weighted by Crippen LogP contribution is -2.43. The van der Waals surface area contributed by atoms with Gasteiger partial charge in [-0.1, -0.05) is 32.9 Å². The standard InChI is InChI=1S/C21H26N4O2S2.ClH/c1-21(2,3)15-4-6-16(7-5-15)24-29(26,27)19-14-17-18(28-19)8-9-23-20(17)25-12-10-22-11-13-25;/h4-9,14,22,24H,10-13H2,1-3H3;1H. The summed E-state index contributed by atoms with van der Waals surface area (Å²) in [7, 11) is -3.66. The highest BCUT2D eigenvalue weighted by atomic mass is 35.5. The topological polar surface area (TPSA) is 74.3 Å². The predicted molar refractivity (Wildman–Crippen MR) is 128 cm³/mol. The van der Waals surface area contributed by atoms with Crippen molar-refractivity contribution >= 4 is 55.4 Å². The first-order valence-electron chi connectivity index (χ1n) is 9.72. The summed E-state index contributed by atoms with van der Waals surface area (Å²) < 4.78 is 29.9. The van der Waals surface area contributed by atoms with Crippen LogP contribution >= 0.6 is 23.7 Å². The number of anilines is 2. The Bertz CT molecular complexity index is 1120. The summed E-state index contributed by atoms with van der Waals surface area (Å²) in [5.41, 5.74) is 1.75. The zero-order chi connectivity index (χ0) is 20.6. The SMILES string of the molecule is CC(C)(C)c1ccc(NS(=O)(=O)c2cc3c(N4CCNCC4)nccc3s2)cc1.Cl. The van der Waals surface area contributed by atoms with Crippen LogP contribution in [0, 0.1) is 0 Å². The van der Waals surface area contributed by atoms with Crippen molar-refractivity contribution in [1.29, 1.82) is 0 Å². The van der Waals surface area contributed by atoms with E-state index in [1.807, 2.05) is 30.3 Å². The van der Waals surface area contributed by atoms with Crippen molar-refractivity contribution in [3.8, 4) is 0 Å². The third kappa shape index (κ3) is 4.72. The molecule has 0 radical (unpaired) electrons. The molecule has 1 aliphatic heterocycles. The fraction of sp³-hybridized carbons (Fsp3) is 0.381. The molecule has 0 unspecified atom stereocenters. The third-order valence-electron chi connectivity index (χ3n) is 5.09. The predicted octanol–water partition coefficient (Wildman–Crippen LogP) is 4.23. The van der Waals surface area contributed by atoms with Crippen molar-refractivity contribution in [3.63, 3.8) is 0 Å². The van der Waals surface area contributed by atoms with Crippen molar-refractivity contribution in [2.75, 3.05) is 35.8 Å². The van der Waals surface area contributed by atoms with Crippen LogP contribution in [0.4, 0.5) is 11.5 Å². The van der Waals surface area contributed by atoms with Crippen molar-refractivity contribution in [2.24, 2.45) is 0 Å². The summed E-state index contributed by atoms with van der Waals surface area (Å²) in [4.78, 5) is 6.74. The van der Waals surface area contributed by atoms with Crippen LogP contribution in [-0.2, 0) is 15.4 Å². The van der Waals surface area contributed by atoms with Gasteiger partial charge in [0.2, 0.25) is 0 Å². The van der Waals surface area contributed by atoms with Crippen LogP contribution in [0.15, 0.2) is 46.8 Å². The van der Waals surface area contributed by atoms with E-state index in [2.05, 4.69) is 40.7 Å². The van der Waals surface area contributed by atoms with E-state index in [1.165, 1.54) is 11.3 Å². The third-order valence-corrected chi connectivity index (χ3v) is 8.04. The molecule has 4 rings (SSSR count). The summed E-state index contributed by atoms with van der Waals surface area (Å²) in [5.74, 6) is 0.858. The van der Waals surface area contributed by atoms with E-state index < -0.39 is 10.0 Å². The smallest absolute Gasteiger partial charge is 0.271 e. The molecule has 1 aromatic carbocycles. The summed E-state index contributed by atoms with van der Waals surface area (Å²) >= 11 is 1.28. The molecular weight excluding hydrogens is 440 g/mol. The maximum absolute atomic E-state index is 13.0. The highest BCUT2D eigenvalue weighted by Gasteiger charge is 2.22. The minimum absolute atomic E-state index is 0. The molecule has 30 heavy (non-hydrogen) atoms. The fourth-order valence-corrected chi connectivity index (χ4v) is 5.87. The number of sulfonamides is 1. The first kappa shape index (κ1) is 22.8. The second-order valence-corrected chi connectivity index (χ2v) is 11.3. The Labute approximate surface area is 188 Å². The zero-order valence-corrected chi connectivity index (χ0v) is 19.8. The lowest BCUT2D eigenvalue weighted by atomic mass is 9.87. The van der Waals surface area contributed by atoms with Gasteiger partial charge < -0.3 is 10.2 Å². The molecule has 0 saturated carbocycles. The highest BCUT2D eigenvalue weighted by Crippen LogP contribution is 2.35. The van der Waals surface area contributed by atoms with Gasteiger partial charge in [0.05, 0.1) is 0 Å². The van der Waals surface area contributed by atoms with Gasteiger partial charge in [-0.15, -0.1) is 23.7 Å². The lowest BCUT2D eigenvalue weighted by Gasteiger charge is -2.28. The molecule has 1 fully saturated rings. The van der Waals surface area contributed by atoms with Gasteiger partial charge in [0.25, 0.3) is 10.0 Å². The van der Waals surface area contributed by atoms with Crippen molar-refractivity contribution < 1.29 is 8.42 Å². The molecule has 0 bridgehead atoms. The van der Waals surface area contributed by atoms with Gasteiger partial charge in [0.1, 0.15) is 10.0 Å². The Hall–Kier alpha value is -1.87.